The van der Waals surface area contributed by atoms with Gasteiger partial charge >= 0.3 is 12.0 Å². The molecule has 0 radical (unpaired) electrons. The number of methoxy groups -OCH3 is 1. The summed E-state index contributed by atoms with van der Waals surface area (Å²) in [5, 5.41) is 22.3. The molecule has 13 heteroatoms. The maximum Gasteiger partial charge on any atom is 0.337 e. The van der Waals surface area contributed by atoms with Crippen LogP contribution in [0.25, 0.3) is 10.8 Å². The predicted octanol–water partition coefficient (Wildman–Crippen LogP) is 6.46. The first-order valence-electron chi connectivity index (χ1n) is 15.0. The van der Waals surface area contributed by atoms with Crippen molar-refractivity contribution < 1.29 is 33.6 Å². The molecule has 0 spiro atoms. The molecule has 2 atom stereocenters. The molecule has 11 nitrogen and oxygen atoms in total. The van der Waals surface area contributed by atoms with Crippen LogP contribution in [0.2, 0.25) is 0 Å². The van der Waals surface area contributed by atoms with Gasteiger partial charge in [-0.3, -0.25) is 5.43 Å². The highest BCUT2D eigenvalue weighted by atomic mass is 79.9. The normalized spacial score (nSPS) is 15.1. The Morgan fingerprint density at radius 1 is 1.02 bits per heavy atom. The molecule has 1 aliphatic heterocycles. The second kappa shape index (κ2) is 16.0. The van der Waals surface area contributed by atoms with Crippen molar-refractivity contribution in [1.29, 1.82) is 0 Å². The standard InChI is InChI=1S/C35H34Br2N4O7/c1-4-46-29-16-23(32-31(34(43)45-3)20(2)39-35(44)40-32)12-13-28(29)47-19-30(42)41-38-17-21-14-26(36)33(27(37)15-21)48-18-24-10-7-9-22-8-5-6-11-25(22)24/h5-17,30,32,41-42H,4,18-19H2,1-3H3,(H2,39,40,44)/b38-17-/t30-,32+/m0/s1. The van der Waals surface area contributed by atoms with Crippen molar-refractivity contribution in [1.82, 2.24) is 16.1 Å². The molecule has 5 rings (SSSR count). The van der Waals surface area contributed by atoms with Gasteiger partial charge in [-0.05, 0) is 97.4 Å². The van der Waals surface area contributed by atoms with E-state index in [2.05, 4.69) is 77.3 Å². The number of urea groups is 1. The summed E-state index contributed by atoms with van der Waals surface area (Å²) in [5.74, 6) is 0.822. The number of amides is 2. The predicted molar refractivity (Wildman–Crippen MR) is 189 cm³/mol. The number of esters is 1. The molecule has 1 heterocycles. The lowest BCUT2D eigenvalue weighted by molar-refractivity contribution is -0.136. The van der Waals surface area contributed by atoms with Gasteiger partial charge in [-0.2, -0.15) is 5.10 Å². The molecule has 0 fully saturated rings. The number of nitrogens with zero attached hydrogens (tertiary/aromatic N) is 1. The van der Waals surface area contributed by atoms with Crippen LogP contribution in [0, 0.1) is 0 Å². The number of rotatable bonds is 13. The van der Waals surface area contributed by atoms with E-state index < -0.39 is 24.3 Å². The number of hydrazone groups is 1. The average molecular weight is 782 g/mol. The van der Waals surface area contributed by atoms with Crippen molar-refractivity contribution in [3.63, 3.8) is 0 Å². The van der Waals surface area contributed by atoms with Crippen molar-refractivity contribution in [2.75, 3.05) is 20.3 Å². The number of aliphatic hydroxyl groups is 1. The average Bonchev–Trinajstić information content (AvgIpc) is 3.07. The van der Waals surface area contributed by atoms with Crippen molar-refractivity contribution >= 4 is 60.8 Å². The van der Waals surface area contributed by atoms with E-state index in [0.717, 1.165) is 30.8 Å². The molecule has 0 aliphatic carbocycles. The summed E-state index contributed by atoms with van der Waals surface area (Å²) in [5.41, 5.74) is 5.74. The molecule has 4 aromatic rings. The van der Waals surface area contributed by atoms with E-state index in [4.69, 9.17) is 18.9 Å². The number of fused-ring (bicyclic) bond motifs is 1. The second-order valence-electron chi connectivity index (χ2n) is 10.7. The maximum atomic E-state index is 12.5. The molecule has 2 amide bonds. The summed E-state index contributed by atoms with van der Waals surface area (Å²) in [6.45, 7) is 4.03. The van der Waals surface area contributed by atoms with Crippen LogP contribution < -0.4 is 30.3 Å². The molecule has 4 aromatic carbocycles. The fraction of sp³-hybridized carbons (Fsp3) is 0.229. The summed E-state index contributed by atoms with van der Waals surface area (Å²) in [7, 11) is 1.28. The number of carbonyl (C=O) groups excluding carboxylic acids is 2. The summed E-state index contributed by atoms with van der Waals surface area (Å²) >= 11 is 7.19. The Labute approximate surface area is 294 Å². The lowest BCUT2D eigenvalue weighted by Crippen LogP contribution is -2.45. The number of ether oxygens (including phenoxy) is 4. The summed E-state index contributed by atoms with van der Waals surface area (Å²) < 4.78 is 24.2. The Morgan fingerprint density at radius 2 is 1.77 bits per heavy atom. The van der Waals surface area contributed by atoms with Gasteiger partial charge in [0.15, 0.2) is 17.7 Å². The Hall–Kier alpha value is -4.59. The molecule has 1 aliphatic rings. The number of allylic oxidation sites excluding steroid dienone is 1. The first-order chi connectivity index (χ1) is 23.2. The Morgan fingerprint density at radius 3 is 2.52 bits per heavy atom. The van der Waals surface area contributed by atoms with Crippen LogP contribution in [0.5, 0.6) is 17.2 Å². The quantitative estimate of drug-likeness (QED) is 0.0525. The number of hydrogen-bond donors (Lipinski definition) is 4. The highest BCUT2D eigenvalue weighted by Crippen LogP contribution is 2.36. The Bertz CT molecular complexity index is 1850. The second-order valence-corrected chi connectivity index (χ2v) is 12.4. The number of aliphatic hydroxyl groups excluding tert-OH is 1. The van der Waals surface area contributed by atoms with E-state index in [9.17, 15) is 14.7 Å². The lowest BCUT2D eigenvalue weighted by atomic mass is 9.95. The zero-order chi connectivity index (χ0) is 34.2. The Balaban J connectivity index is 1.19. The third-order valence-electron chi connectivity index (χ3n) is 7.38. The minimum absolute atomic E-state index is 0.151. The van der Waals surface area contributed by atoms with Gasteiger partial charge in [-0.15, -0.1) is 0 Å². The molecule has 0 bridgehead atoms. The molecule has 0 saturated carbocycles. The third kappa shape index (κ3) is 8.27. The van der Waals surface area contributed by atoms with E-state index in [1.807, 2.05) is 37.3 Å². The van der Waals surface area contributed by atoms with Crippen molar-refractivity contribution in [2.24, 2.45) is 5.10 Å². The van der Waals surface area contributed by atoms with Gasteiger partial charge in [0.05, 0.1) is 40.5 Å². The molecule has 250 valence electrons. The van der Waals surface area contributed by atoms with Crippen LogP contribution in [-0.2, 0) is 16.1 Å². The van der Waals surface area contributed by atoms with Crippen molar-refractivity contribution in [3.05, 3.63) is 110 Å². The first kappa shape index (κ1) is 34.7. The first-order valence-corrected chi connectivity index (χ1v) is 16.6. The van der Waals surface area contributed by atoms with Crippen LogP contribution in [-0.4, -0.2) is 49.9 Å². The van der Waals surface area contributed by atoms with Gasteiger partial charge in [0, 0.05) is 5.70 Å². The molecule has 0 unspecified atom stereocenters. The minimum Gasteiger partial charge on any atom is -0.490 e. The largest absolute Gasteiger partial charge is 0.490 e. The van der Waals surface area contributed by atoms with Gasteiger partial charge in [0.2, 0.25) is 0 Å². The van der Waals surface area contributed by atoms with E-state index in [-0.39, 0.29) is 12.2 Å². The SMILES string of the molecule is CCOc1cc([C@H]2NC(=O)NC(C)=C2C(=O)OC)ccc1OC[C@H](O)N/N=C\c1cc(Br)c(OCc2cccc3ccccc23)c(Br)c1. The Kier molecular flexibility index (Phi) is 11.6. The van der Waals surface area contributed by atoms with Crippen LogP contribution in [0.1, 0.15) is 36.6 Å². The molecule has 0 aromatic heterocycles. The van der Waals surface area contributed by atoms with Crippen LogP contribution in [0.3, 0.4) is 0 Å². The maximum absolute atomic E-state index is 12.5. The van der Waals surface area contributed by atoms with E-state index in [1.54, 1.807) is 31.3 Å². The van der Waals surface area contributed by atoms with Gasteiger partial charge in [-0.1, -0.05) is 48.5 Å². The highest BCUT2D eigenvalue weighted by molar-refractivity contribution is 9.11. The van der Waals surface area contributed by atoms with Gasteiger partial charge < -0.3 is 34.7 Å². The van der Waals surface area contributed by atoms with Crippen molar-refractivity contribution in [3.8, 4) is 17.2 Å². The van der Waals surface area contributed by atoms with E-state index >= 15 is 0 Å². The highest BCUT2D eigenvalue weighted by Gasteiger charge is 2.32. The fourth-order valence-electron chi connectivity index (χ4n) is 5.18. The smallest absolute Gasteiger partial charge is 0.337 e. The number of hydrogen-bond acceptors (Lipinski definition) is 9. The monoisotopic (exact) mass is 780 g/mol. The number of carbonyl (C=O) groups is 2. The van der Waals surface area contributed by atoms with Gasteiger partial charge in [0.25, 0.3) is 0 Å². The van der Waals surface area contributed by atoms with Crippen LogP contribution in [0.4, 0.5) is 4.79 Å². The number of nitrogens with one attached hydrogen (secondary N) is 3. The lowest BCUT2D eigenvalue weighted by Gasteiger charge is -2.28. The zero-order valence-corrected chi connectivity index (χ0v) is 29.6. The van der Waals surface area contributed by atoms with Gasteiger partial charge in [-0.25, -0.2) is 9.59 Å². The van der Waals surface area contributed by atoms with Crippen molar-refractivity contribution in [2.45, 2.75) is 32.7 Å². The fourth-order valence-corrected chi connectivity index (χ4v) is 6.63. The third-order valence-corrected chi connectivity index (χ3v) is 8.56. The van der Waals surface area contributed by atoms with Gasteiger partial charge in [0.1, 0.15) is 19.0 Å². The topological polar surface area (TPSA) is 140 Å². The molecule has 0 saturated heterocycles. The van der Waals surface area contributed by atoms with E-state index in [0.29, 0.717) is 41.7 Å². The zero-order valence-electron chi connectivity index (χ0n) is 26.4. The summed E-state index contributed by atoms with van der Waals surface area (Å²) in [6, 6.07) is 21.9. The summed E-state index contributed by atoms with van der Waals surface area (Å²) in [6.07, 6.45) is 0.417. The molecular weight excluding hydrogens is 748 g/mol. The molecule has 48 heavy (non-hydrogen) atoms. The number of halogens is 2. The molecule has 4 N–H and O–H groups in total. The number of benzene rings is 4. The van der Waals surface area contributed by atoms with Crippen LogP contribution in [0.15, 0.2) is 98.1 Å². The van der Waals surface area contributed by atoms with E-state index in [1.165, 1.54) is 7.11 Å². The van der Waals surface area contributed by atoms with Crippen LogP contribution >= 0.6 is 31.9 Å². The minimum atomic E-state index is -1.15. The molecular formula is C35H34Br2N4O7. The summed E-state index contributed by atoms with van der Waals surface area (Å²) in [4.78, 5) is 24.7.